The zero-order valence-corrected chi connectivity index (χ0v) is 10.8. The molecular weight excluding hydrogens is 250 g/mol. The van der Waals surface area contributed by atoms with E-state index in [0.29, 0.717) is 11.4 Å². The second kappa shape index (κ2) is 5.17. The van der Waals surface area contributed by atoms with Crippen LogP contribution in [-0.2, 0) is 9.53 Å². The van der Waals surface area contributed by atoms with Gasteiger partial charge >= 0.3 is 12.1 Å². The standard InChI is InChI=1S/C13H15NO5/c1-8-3-4-11(18-2)10(5-8)14-9(6-12(15)16)7-19-13(14)17/h3-5,9H,6-7H2,1-2H3,(H,15,16). The molecule has 1 aliphatic rings. The average Bonchev–Trinajstić information content (AvgIpc) is 2.69. The summed E-state index contributed by atoms with van der Waals surface area (Å²) in [5.74, 6) is -0.459. The lowest BCUT2D eigenvalue weighted by molar-refractivity contribution is -0.137. The fraction of sp³-hybridized carbons (Fsp3) is 0.385. The highest BCUT2D eigenvalue weighted by Crippen LogP contribution is 2.34. The quantitative estimate of drug-likeness (QED) is 0.898. The Hall–Kier alpha value is -2.24. The molecule has 1 fully saturated rings. The number of aryl methyl sites for hydroxylation is 1. The number of cyclic esters (lactones) is 1. The van der Waals surface area contributed by atoms with E-state index >= 15 is 0 Å². The number of ether oxygens (including phenoxy) is 2. The monoisotopic (exact) mass is 265 g/mol. The van der Waals surface area contributed by atoms with Crippen LogP contribution in [0.3, 0.4) is 0 Å². The minimum atomic E-state index is -0.972. The molecule has 1 unspecified atom stereocenters. The first-order chi connectivity index (χ1) is 9.02. The summed E-state index contributed by atoms with van der Waals surface area (Å²) in [4.78, 5) is 24.0. The van der Waals surface area contributed by atoms with Gasteiger partial charge in [-0.2, -0.15) is 0 Å². The second-order valence-electron chi connectivity index (χ2n) is 4.37. The maximum absolute atomic E-state index is 11.8. The first-order valence-corrected chi connectivity index (χ1v) is 5.85. The molecule has 0 spiro atoms. The Labute approximate surface area is 110 Å². The number of carbonyl (C=O) groups is 2. The Morgan fingerprint density at radius 1 is 1.58 bits per heavy atom. The third-order valence-electron chi connectivity index (χ3n) is 2.97. The van der Waals surface area contributed by atoms with Gasteiger partial charge in [-0.3, -0.25) is 9.69 Å². The summed E-state index contributed by atoms with van der Waals surface area (Å²) in [5.41, 5.74) is 1.49. The third kappa shape index (κ3) is 2.62. The Kier molecular flexibility index (Phi) is 3.59. The van der Waals surface area contributed by atoms with Gasteiger partial charge in [0.25, 0.3) is 0 Å². The van der Waals surface area contributed by atoms with E-state index in [1.807, 2.05) is 13.0 Å². The highest BCUT2D eigenvalue weighted by atomic mass is 16.6. The molecule has 0 aliphatic carbocycles. The topological polar surface area (TPSA) is 76.1 Å². The number of carbonyl (C=O) groups excluding carboxylic acids is 1. The van der Waals surface area contributed by atoms with E-state index in [9.17, 15) is 9.59 Å². The van der Waals surface area contributed by atoms with E-state index in [1.165, 1.54) is 12.0 Å². The van der Waals surface area contributed by atoms with E-state index in [0.717, 1.165) is 5.56 Å². The van der Waals surface area contributed by atoms with Crippen molar-refractivity contribution in [3.8, 4) is 5.75 Å². The van der Waals surface area contributed by atoms with E-state index in [2.05, 4.69) is 0 Å². The summed E-state index contributed by atoms with van der Waals surface area (Å²) in [6, 6.07) is 4.87. The molecule has 1 amide bonds. The Balaban J connectivity index is 2.39. The summed E-state index contributed by atoms with van der Waals surface area (Å²) in [7, 11) is 1.50. The fourth-order valence-electron chi connectivity index (χ4n) is 2.10. The number of amides is 1. The van der Waals surface area contributed by atoms with Crippen molar-refractivity contribution in [2.24, 2.45) is 0 Å². The third-order valence-corrected chi connectivity index (χ3v) is 2.97. The molecule has 1 saturated heterocycles. The predicted molar refractivity (Wildman–Crippen MR) is 67.6 cm³/mol. The first-order valence-electron chi connectivity index (χ1n) is 5.85. The molecule has 1 N–H and O–H groups in total. The SMILES string of the molecule is COc1ccc(C)cc1N1C(=O)OCC1CC(=O)O. The minimum Gasteiger partial charge on any atom is -0.495 e. The van der Waals surface area contributed by atoms with Crippen LogP contribution in [-0.4, -0.2) is 36.9 Å². The highest BCUT2D eigenvalue weighted by molar-refractivity contribution is 5.93. The van der Waals surface area contributed by atoms with Gasteiger partial charge in [0, 0.05) is 0 Å². The summed E-state index contributed by atoms with van der Waals surface area (Å²) in [6.45, 7) is 1.96. The van der Waals surface area contributed by atoms with Crippen molar-refractivity contribution >= 4 is 17.7 Å². The van der Waals surface area contributed by atoms with Crippen molar-refractivity contribution in [2.45, 2.75) is 19.4 Å². The van der Waals surface area contributed by atoms with Crippen LogP contribution in [0.2, 0.25) is 0 Å². The second-order valence-corrected chi connectivity index (χ2v) is 4.37. The summed E-state index contributed by atoms with van der Waals surface area (Å²) >= 11 is 0. The minimum absolute atomic E-state index is 0.0717. The molecule has 1 aromatic rings. The van der Waals surface area contributed by atoms with Crippen LogP contribution >= 0.6 is 0 Å². The molecule has 6 heteroatoms. The number of hydrogen-bond acceptors (Lipinski definition) is 4. The zero-order chi connectivity index (χ0) is 14.0. The number of aliphatic carboxylic acids is 1. The molecule has 1 aliphatic heterocycles. The van der Waals surface area contributed by atoms with Gasteiger partial charge in [-0.15, -0.1) is 0 Å². The van der Waals surface area contributed by atoms with Crippen LogP contribution in [0.15, 0.2) is 18.2 Å². The fourth-order valence-corrected chi connectivity index (χ4v) is 2.10. The molecule has 0 bridgehead atoms. The van der Waals surface area contributed by atoms with Gasteiger partial charge in [-0.25, -0.2) is 4.79 Å². The molecule has 1 atom stereocenters. The predicted octanol–water partition coefficient (Wildman–Crippen LogP) is 1.80. The van der Waals surface area contributed by atoms with E-state index in [4.69, 9.17) is 14.6 Å². The van der Waals surface area contributed by atoms with Gasteiger partial charge in [0.2, 0.25) is 0 Å². The molecule has 1 heterocycles. The molecule has 2 rings (SSSR count). The summed E-state index contributed by atoms with van der Waals surface area (Å²) < 4.78 is 10.2. The lowest BCUT2D eigenvalue weighted by Crippen LogP contribution is -2.35. The average molecular weight is 265 g/mol. The van der Waals surface area contributed by atoms with Crippen molar-refractivity contribution in [3.63, 3.8) is 0 Å². The van der Waals surface area contributed by atoms with Crippen LogP contribution in [0, 0.1) is 6.92 Å². The maximum Gasteiger partial charge on any atom is 0.414 e. The number of benzene rings is 1. The molecule has 6 nitrogen and oxygen atoms in total. The Morgan fingerprint density at radius 2 is 2.32 bits per heavy atom. The molecule has 102 valence electrons. The van der Waals surface area contributed by atoms with Crippen molar-refractivity contribution < 1.29 is 24.2 Å². The van der Waals surface area contributed by atoms with Crippen molar-refractivity contribution in [1.82, 2.24) is 0 Å². The van der Waals surface area contributed by atoms with Gasteiger partial charge in [0.1, 0.15) is 12.4 Å². The van der Waals surface area contributed by atoms with Crippen molar-refractivity contribution in [3.05, 3.63) is 23.8 Å². The Bertz CT molecular complexity index is 514. The normalized spacial score (nSPS) is 18.3. The van der Waals surface area contributed by atoms with Gasteiger partial charge in [0.15, 0.2) is 0 Å². The molecule has 0 aromatic heterocycles. The van der Waals surface area contributed by atoms with Crippen LogP contribution in [0.5, 0.6) is 5.75 Å². The van der Waals surface area contributed by atoms with Crippen LogP contribution < -0.4 is 9.64 Å². The van der Waals surface area contributed by atoms with Gasteiger partial charge in [-0.05, 0) is 24.6 Å². The van der Waals surface area contributed by atoms with Crippen LogP contribution in [0.1, 0.15) is 12.0 Å². The largest absolute Gasteiger partial charge is 0.495 e. The Morgan fingerprint density at radius 3 is 2.95 bits per heavy atom. The molecule has 1 aromatic carbocycles. The number of carboxylic acid groups (broad SMARTS) is 1. The number of rotatable bonds is 4. The number of hydrogen-bond donors (Lipinski definition) is 1. The summed E-state index contributed by atoms with van der Waals surface area (Å²) in [6.07, 6.45) is -0.710. The van der Waals surface area contributed by atoms with E-state index in [1.54, 1.807) is 12.1 Å². The van der Waals surface area contributed by atoms with Crippen LogP contribution in [0.25, 0.3) is 0 Å². The van der Waals surface area contributed by atoms with Gasteiger partial charge in [-0.1, -0.05) is 6.07 Å². The zero-order valence-electron chi connectivity index (χ0n) is 10.8. The first kappa shape index (κ1) is 13.2. The number of nitrogens with zero attached hydrogens (tertiary/aromatic N) is 1. The smallest absolute Gasteiger partial charge is 0.414 e. The van der Waals surface area contributed by atoms with Crippen molar-refractivity contribution in [2.75, 3.05) is 18.6 Å². The van der Waals surface area contributed by atoms with Gasteiger partial charge in [0.05, 0.1) is 25.3 Å². The maximum atomic E-state index is 11.8. The van der Waals surface area contributed by atoms with E-state index in [-0.39, 0.29) is 13.0 Å². The van der Waals surface area contributed by atoms with Gasteiger partial charge < -0.3 is 14.6 Å². The summed E-state index contributed by atoms with van der Waals surface area (Å²) in [5, 5.41) is 8.88. The number of methoxy groups -OCH3 is 1. The molecular formula is C13H15NO5. The lowest BCUT2D eigenvalue weighted by Gasteiger charge is -2.22. The number of carboxylic acids is 1. The molecule has 19 heavy (non-hydrogen) atoms. The molecule has 0 saturated carbocycles. The van der Waals surface area contributed by atoms with E-state index < -0.39 is 18.1 Å². The van der Waals surface area contributed by atoms with Crippen molar-refractivity contribution in [1.29, 1.82) is 0 Å². The molecule has 0 radical (unpaired) electrons. The highest BCUT2D eigenvalue weighted by Gasteiger charge is 2.37. The lowest BCUT2D eigenvalue weighted by atomic mass is 10.1. The number of anilines is 1. The van der Waals surface area contributed by atoms with Crippen LogP contribution in [0.4, 0.5) is 10.5 Å².